The lowest BCUT2D eigenvalue weighted by molar-refractivity contribution is -0.0380. The van der Waals surface area contributed by atoms with Crippen molar-refractivity contribution in [2.24, 2.45) is 7.05 Å². The molecule has 7 nitrogen and oxygen atoms in total. The fraction of sp³-hybridized carbons (Fsp3) is 0.583. The minimum atomic E-state index is -0.0565. The summed E-state index contributed by atoms with van der Waals surface area (Å²) in [6, 6.07) is 0. The van der Waals surface area contributed by atoms with Gasteiger partial charge in [0.05, 0.1) is 13.2 Å². The Bertz CT molecular complexity index is 548. The minimum absolute atomic E-state index is 0.0565. The standard InChI is InChI=1S/C12H18N6O/c1-9-14-12(16-15-9)10-7-18(5-6-19-10)8-11-13-3-4-17(11)2/h3-4,10H,5-8H2,1-2H3,(H,14,15,16). The zero-order valence-corrected chi connectivity index (χ0v) is 11.2. The molecule has 1 N–H and O–H groups in total. The average Bonchev–Trinajstić information content (AvgIpc) is 3.00. The summed E-state index contributed by atoms with van der Waals surface area (Å²) in [6.07, 6.45) is 3.73. The number of aromatic nitrogens is 5. The Balaban J connectivity index is 1.66. The number of nitrogens with one attached hydrogen (secondary N) is 1. The molecule has 102 valence electrons. The third-order valence-corrected chi connectivity index (χ3v) is 3.34. The van der Waals surface area contributed by atoms with E-state index in [0.717, 1.165) is 37.1 Å². The van der Waals surface area contributed by atoms with Gasteiger partial charge < -0.3 is 9.30 Å². The van der Waals surface area contributed by atoms with Crippen molar-refractivity contribution in [1.29, 1.82) is 0 Å². The van der Waals surface area contributed by atoms with Crippen molar-refractivity contribution in [1.82, 2.24) is 29.6 Å². The lowest BCUT2D eigenvalue weighted by Crippen LogP contribution is -2.38. The number of hydrogen-bond donors (Lipinski definition) is 1. The second-order valence-electron chi connectivity index (χ2n) is 4.83. The van der Waals surface area contributed by atoms with Crippen molar-refractivity contribution in [3.8, 4) is 0 Å². The number of nitrogens with zero attached hydrogens (tertiary/aromatic N) is 5. The second kappa shape index (κ2) is 5.10. The number of rotatable bonds is 3. The normalized spacial score (nSPS) is 20.8. The highest BCUT2D eigenvalue weighted by Gasteiger charge is 2.25. The lowest BCUT2D eigenvalue weighted by Gasteiger charge is -2.31. The topological polar surface area (TPSA) is 71.9 Å². The monoisotopic (exact) mass is 262 g/mol. The molecule has 0 spiro atoms. The molecule has 1 unspecified atom stereocenters. The van der Waals surface area contributed by atoms with Crippen molar-refractivity contribution in [2.75, 3.05) is 19.7 Å². The van der Waals surface area contributed by atoms with Crippen LogP contribution in [-0.4, -0.2) is 49.3 Å². The quantitative estimate of drug-likeness (QED) is 0.868. The van der Waals surface area contributed by atoms with Crippen LogP contribution in [0.2, 0.25) is 0 Å². The van der Waals surface area contributed by atoms with E-state index in [0.29, 0.717) is 6.61 Å². The molecule has 2 aromatic heterocycles. The molecule has 2 aromatic rings. The van der Waals surface area contributed by atoms with E-state index in [1.54, 1.807) is 0 Å². The van der Waals surface area contributed by atoms with E-state index in [4.69, 9.17) is 4.74 Å². The van der Waals surface area contributed by atoms with Crippen LogP contribution in [0.4, 0.5) is 0 Å². The van der Waals surface area contributed by atoms with Gasteiger partial charge in [0, 0.05) is 32.5 Å². The van der Waals surface area contributed by atoms with Crippen LogP contribution in [0.25, 0.3) is 0 Å². The third-order valence-electron chi connectivity index (χ3n) is 3.34. The van der Waals surface area contributed by atoms with Crippen LogP contribution in [0.3, 0.4) is 0 Å². The Kier molecular flexibility index (Phi) is 3.31. The average molecular weight is 262 g/mol. The molecular weight excluding hydrogens is 244 g/mol. The maximum atomic E-state index is 5.74. The van der Waals surface area contributed by atoms with Crippen molar-refractivity contribution in [3.63, 3.8) is 0 Å². The van der Waals surface area contributed by atoms with Crippen LogP contribution < -0.4 is 0 Å². The highest BCUT2D eigenvalue weighted by molar-refractivity contribution is 4.97. The Hall–Kier alpha value is -1.73. The van der Waals surface area contributed by atoms with Gasteiger partial charge in [0.2, 0.25) is 0 Å². The van der Waals surface area contributed by atoms with Crippen LogP contribution in [0, 0.1) is 6.92 Å². The zero-order valence-electron chi connectivity index (χ0n) is 11.2. The van der Waals surface area contributed by atoms with Crippen LogP contribution >= 0.6 is 0 Å². The number of aromatic amines is 1. The molecule has 1 aliphatic heterocycles. The fourth-order valence-electron chi connectivity index (χ4n) is 2.26. The highest BCUT2D eigenvalue weighted by atomic mass is 16.5. The SMILES string of the molecule is Cc1nc(C2CN(Cc3nccn3C)CCO2)n[nH]1. The van der Waals surface area contributed by atoms with Gasteiger partial charge in [-0.15, -0.1) is 0 Å². The first-order valence-corrected chi connectivity index (χ1v) is 6.41. The van der Waals surface area contributed by atoms with E-state index in [1.807, 2.05) is 30.9 Å². The minimum Gasteiger partial charge on any atom is -0.367 e. The Labute approximate surface area is 111 Å². The van der Waals surface area contributed by atoms with Crippen LogP contribution in [0.5, 0.6) is 0 Å². The summed E-state index contributed by atoms with van der Waals surface area (Å²) in [5.74, 6) is 2.62. The van der Waals surface area contributed by atoms with Gasteiger partial charge in [0.15, 0.2) is 5.82 Å². The molecule has 0 amide bonds. The number of morpholine rings is 1. The van der Waals surface area contributed by atoms with E-state index < -0.39 is 0 Å². The molecule has 7 heteroatoms. The van der Waals surface area contributed by atoms with Crippen molar-refractivity contribution >= 4 is 0 Å². The lowest BCUT2D eigenvalue weighted by atomic mass is 10.2. The summed E-state index contributed by atoms with van der Waals surface area (Å²) in [5, 5.41) is 7.04. The largest absolute Gasteiger partial charge is 0.367 e. The van der Waals surface area contributed by atoms with Crippen molar-refractivity contribution in [3.05, 3.63) is 29.9 Å². The molecule has 0 aromatic carbocycles. The number of aryl methyl sites for hydroxylation is 2. The van der Waals surface area contributed by atoms with Crippen molar-refractivity contribution in [2.45, 2.75) is 19.6 Å². The van der Waals surface area contributed by atoms with E-state index >= 15 is 0 Å². The number of ether oxygens (including phenoxy) is 1. The summed E-state index contributed by atoms with van der Waals surface area (Å²) in [4.78, 5) is 11.0. The smallest absolute Gasteiger partial charge is 0.180 e. The highest BCUT2D eigenvalue weighted by Crippen LogP contribution is 2.20. The van der Waals surface area contributed by atoms with E-state index in [9.17, 15) is 0 Å². The first kappa shape index (κ1) is 12.3. The molecular formula is C12H18N6O. The maximum absolute atomic E-state index is 5.74. The third kappa shape index (κ3) is 2.66. The van der Waals surface area contributed by atoms with Gasteiger partial charge in [-0.05, 0) is 6.92 Å². The molecule has 1 saturated heterocycles. The molecule has 3 heterocycles. The second-order valence-corrected chi connectivity index (χ2v) is 4.83. The molecule has 0 aliphatic carbocycles. The van der Waals surface area contributed by atoms with E-state index in [1.165, 1.54) is 0 Å². The number of imidazole rings is 1. The first-order valence-electron chi connectivity index (χ1n) is 6.41. The molecule has 3 rings (SSSR count). The summed E-state index contributed by atoms with van der Waals surface area (Å²) in [5.41, 5.74) is 0. The summed E-state index contributed by atoms with van der Waals surface area (Å²) < 4.78 is 7.79. The summed E-state index contributed by atoms with van der Waals surface area (Å²) in [7, 11) is 2.01. The van der Waals surface area contributed by atoms with Gasteiger partial charge in [-0.2, -0.15) is 5.10 Å². The van der Waals surface area contributed by atoms with Gasteiger partial charge in [0.1, 0.15) is 17.8 Å². The number of H-pyrrole nitrogens is 1. The predicted octanol–water partition coefficient (Wildman–Crippen LogP) is 0.420. The summed E-state index contributed by atoms with van der Waals surface area (Å²) >= 11 is 0. The van der Waals surface area contributed by atoms with Crippen LogP contribution in [0.1, 0.15) is 23.6 Å². The fourth-order valence-corrected chi connectivity index (χ4v) is 2.26. The van der Waals surface area contributed by atoms with Gasteiger partial charge >= 0.3 is 0 Å². The van der Waals surface area contributed by atoms with Gasteiger partial charge in [-0.1, -0.05) is 0 Å². The molecule has 0 saturated carbocycles. The van der Waals surface area contributed by atoms with E-state index in [-0.39, 0.29) is 6.10 Å². The number of hydrogen-bond acceptors (Lipinski definition) is 5. The Morgan fingerprint density at radius 3 is 3.11 bits per heavy atom. The van der Waals surface area contributed by atoms with Crippen molar-refractivity contribution < 1.29 is 4.74 Å². The first-order chi connectivity index (χ1) is 9.22. The Morgan fingerprint density at radius 1 is 1.53 bits per heavy atom. The van der Waals surface area contributed by atoms with Crippen LogP contribution in [0.15, 0.2) is 12.4 Å². The molecule has 1 fully saturated rings. The molecule has 0 bridgehead atoms. The molecule has 1 atom stereocenters. The molecule has 19 heavy (non-hydrogen) atoms. The summed E-state index contributed by atoms with van der Waals surface area (Å²) in [6.45, 7) is 5.12. The zero-order chi connectivity index (χ0) is 13.2. The van der Waals surface area contributed by atoms with Gasteiger partial charge in [-0.25, -0.2) is 9.97 Å². The van der Waals surface area contributed by atoms with E-state index in [2.05, 4.69) is 25.1 Å². The van der Waals surface area contributed by atoms with Gasteiger partial charge in [-0.3, -0.25) is 10.00 Å². The Morgan fingerprint density at radius 2 is 2.42 bits per heavy atom. The van der Waals surface area contributed by atoms with Crippen LogP contribution in [-0.2, 0) is 18.3 Å². The maximum Gasteiger partial charge on any atom is 0.180 e. The predicted molar refractivity (Wildman–Crippen MR) is 68.3 cm³/mol. The molecule has 0 radical (unpaired) electrons. The van der Waals surface area contributed by atoms with Gasteiger partial charge in [0.25, 0.3) is 0 Å². The molecule has 1 aliphatic rings.